The lowest BCUT2D eigenvalue weighted by atomic mass is 9.97. The normalized spacial score (nSPS) is 15.5. The smallest absolute Gasteiger partial charge is 0.324 e. The van der Waals surface area contributed by atoms with Crippen LogP contribution in [-0.2, 0) is 28.9 Å². The number of anilines is 1. The van der Waals surface area contributed by atoms with Gasteiger partial charge in [0.05, 0.1) is 22.2 Å². The van der Waals surface area contributed by atoms with Crippen molar-refractivity contribution in [2.24, 2.45) is 20.0 Å². The van der Waals surface area contributed by atoms with Gasteiger partial charge in [0.15, 0.2) is 0 Å². The number of carbonyl (C=O) groups is 1. The van der Waals surface area contributed by atoms with Crippen molar-refractivity contribution in [3.63, 3.8) is 0 Å². The number of hydrogen-bond donors (Lipinski definition) is 1. The zero-order valence-corrected chi connectivity index (χ0v) is 20.3. The largest absolute Gasteiger partial charge is 0.332 e. The molecule has 0 saturated carbocycles. The molecule has 0 atom stereocenters. The Morgan fingerprint density at radius 3 is 2.38 bits per heavy atom. The lowest BCUT2D eigenvalue weighted by Crippen LogP contribution is -2.41. The van der Waals surface area contributed by atoms with Crippen molar-refractivity contribution >= 4 is 32.7 Å². The maximum absolute atomic E-state index is 13.1. The molecule has 180 valence electrons. The van der Waals surface area contributed by atoms with E-state index in [9.17, 15) is 22.8 Å². The van der Waals surface area contributed by atoms with Crippen LogP contribution in [0.25, 0.3) is 11.0 Å². The molecule has 1 amide bonds. The SMILES string of the molecule is Cc1ccc(S(=O)(=O)N2CCC(C(=O)Nc3cnc4c(c3)c(=O)n(C)c(=O)n4C)CC2)c(C)c1. The van der Waals surface area contributed by atoms with E-state index >= 15 is 0 Å². The van der Waals surface area contributed by atoms with Crippen molar-refractivity contribution in [2.75, 3.05) is 18.4 Å². The van der Waals surface area contributed by atoms with Gasteiger partial charge in [0.2, 0.25) is 15.9 Å². The molecule has 34 heavy (non-hydrogen) atoms. The van der Waals surface area contributed by atoms with Gasteiger partial charge in [0, 0.05) is 33.1 Å². The molecule has 1 aliphatic rings. The lowest BCUT2D eigenvalue weighted by Gasteiger charge is -2.31. The molecular weight excluding hydrogens is 458 g/mol. The first-order valence-electron chi connectivity index (χ1n) is 10.9. The van der Waals surface area contributed by atoms with Crippen molar-refractivity contribution in [1.29, 1.82) is 0 Å². The second kappa shape index (κ2) is 8.80. The molecule has 10 nitrogen and oxygen atoms in total. The average Bonchev–Trinajstić information content (AvgIpc) is 2.81. The highest BCUT2D eigenvalue weighted by atomic mass is 32.2. The van der Waals surface area contributed by atoms with Crippen molar-refractivity contribution in [2.45, 2.75) is 31.6 Å². The zero-order valence-electron chi connectivity index (χ0n) is 19.5. The fourth-order valence-corrected chi connectivity index (χ4v) is 6.04. The van der Waals surface area contributed by atoms with E-state index in [1.807, 2.05) is 13.0 Å². The number of nitrogens with zero attached hydrogens (tertiary/aromatic N) is 4. The minimum absolute atomic E-state index is 0.219. The molecule has 3 aromatic rings. The lowest BCUT2D eigenvalue weighted by molar-refractivity contribution is -0.120. The van der Waals surface area contributed by atoms with Gasteiger partial charge in [-0.3, -0.25) is 18.7 Å². The number of fused-ring (bicyclic) bond motifs is 1. The van der Waals surface area contributed by atoms with E-state index in [1.54, 1.807) is 19.1 Å². The van der Waals surface area contributed by atoms with Gasteiger partial charge in [-0.15, -0.1) is 0 Å². The first kappa shape index (κ1) is 23.8. The minimum atomic E-state index is -3.63. The summed E-state index contributed by atoms with van der Waals surface area (Å²) in [4.78, 5) is 41.8. The number of rotatable bonds is 4. The molecule has 4 rings (SSSR count). The molecule has 11 heteroatoms. The summed E-state index contributed by atoms with van der Waals surface area (Å²) >= 11 is 0. The van der Waals surface area contributed by atoms with Crippen LogP contribution in [0, 0.1) is 19.8 Å². The van der Waals surface area contributed by atoms with E-state index in [1.165, 1.54) is 35.2 Å². The molecule has 1 N–H and O–H groups in total. The van der Waals surface area contributed by atoms with E-state index in [4.69, 9.17) is 0 Å². The molecule has 0 aliphatic carbocycles. The highest BCUT2D eigenvalue weighted by molar-refractivity contribution is 7.89. The van der Waals surface area contributed by atoms with Crippen LogP contribution < -0.4 is 16.6 Å². The fraction of sp³-hybridized carbons (Fsp3) is 0.391. The van der Waals surface area contributed by atoms with Crippen LogP contribution in [0.3, 0.4) is 0 Å². The number of nitrogens with one attached hydrogen (secondary N) is 1. The monoisotopic (exact) mass is 485 g/mol. The molecule has 3 heterocycles. The molecule has 0 radical (unpaired) electrons. The molecular formula is C23H27N5O5S. The van der Waals surface area contributed by atoms with E-state index in [0.717, 1.165) is 10.1 Å². The van der Waals surface area contributed by atoms with E-state index in [-0.39, 0.29) is 35.9 Å². The molecule has 0 spiro atoms. The van der Waals surface area contributed by atoms with Crippen molar-refractivity contribution in [1.82, 2.24) is 18.4 Å². The van der Waals surface area contributed by atoms with E-state index < -0.39 is 21.3 Å². The van der Waals surface area contributed by atoms with Gasteiger partial charge in [-0.1, -0.05) is 17.7 Å². The number of piperidine rings is 1. The highest BCUT2D eigenvalue weighted by Crippen LogP contribution is 2.27. The molecule has 1 aromatic carbocycles. The third kappa shape index (κ3) is 4.16. The number of sulfonamides is 1. The quantitative estimate of drug-likeness (QED) is 0.594. The standard InChI is InChI=1S/C23H27N5O5S/c1-14-5-6-19(15(2)11-14)34(32,33)28-9-7-16(8-10-28)21(29)25-17-12-18-20(24-13-17)26(3)23(31)27(4)22(18)30/h5-6,11-13,16H,7-10H2,1-4H3,(H,25,29). The number of amides is 1. The number of carbonyl (C=O) groups excluding carboxylic acids is 1. The predicted octanol–water partition coefficient (Wildman–Crippen LogP) is 1.29. The predicted molar refractivity (Wildman–Crippen MR) is 128 cm³/mol. The Balaban J connectivity index is 1.47. The maximum atomic E-state index is 13.1. The Kier molecular flexibility index (Phi) is 6.17. The Labute approximate surface area is 196 Å². The van der Waals surface area contributed by atoms with Gasteiger partial charge in [0.25, 0.3) is 5.56 Å². The van der Waals surface area contributed by atoms with Crippen molar-refractivity contribution in [3.8, 4) is 0 Å². The molecule has 0 bridgehead atoms. The number of pyridine rings is 1. The van der Waals surface area contributed by atoms with Gasteiger partial charge in [-0.05, 0) is 44.4 Å². The Bertz CT molecular complexity index is 1520. The average molecular weight is 486 g/mol. The number of aryl methyl sites for hydroxylation is 3. The first-order chi connectivity index (χ1) is 16.0. The summed E-state index contributed by atoms with van der Waals surface area (Å²) in [5.74, 6) is -0.629. The second-order valence-electron chi connectivity index (χ2n) is 8.74. The number of hydrogen-bond acceptors (Lipinski definition) is 6. The molecule has 1 aliphatic heterocycles. The third-order valence-corrected chi connectivity index (χ3v) is 8.39. The second-order valence-corrected chi connectivity index (χ2v) is 10.6. The van der Waals surface area contributed by atoms with Gasteiger partial charge >= 0.3 is 5.69 Å². The number of aromatic nitrogens is 3. The van der Waals surface area contributed by atoms with Crippen LogP contribution >= 0.6 is 0 Å². The van der Waals surface area contributed by atoms with Crippen molar-refractivity contribution < 1.29 is 13.2 Å². The van der Waals surface area contributed by atoms with Crippen LogP contribution in [0.2, 0.25) is 0 Å². The van der Waals surface area contributed by atoms with Crippen LogP contribution in [0.5, 0.6) is 0 Å². The zero-order chi connectivity index (χ0) is 24.8. The van der Waals surface area contributed by atoms with Crippen LogP contribution in [0.15, 0.2) is 44.9 Å². The van der Waals surface area contributed by atoms with Crippen LogP contribution in [-0.4, -0.2) is 45.8 Å². The summed E-state index contributed by atoms with van der Waals surface area (Å²) in [6, 6.07) is 6.76. The summed E-state index contributed by atoms with van der Waals surface area (Å²) in [5, 5.41) is 3.00. The van der Waals surface area contributed by atoms with E-state index in [0.29, 0.717) is 29.0 Å². The molecule has 0 unspecified atom stereocenters. The highest BCUT2D eigenvalue weighted by Gasteiger charge is 2.33. The van der Waals surface area contributed by atoms with Gasteiger partial charge in [-0.25, -0.2) is 18.2 Å². The third-order valence-electron chi connectivity index (χ3n) is 6.33. The fourth-order valence-electron chi connectivity index (χ4n) is 4.36. The molecule has 2 aromatic heterocycles. The topological polar surface area (TPSA) is 123 Å². The van der Waals surface area contributed by atoms with Gasteiger partial charge in [0.1, 0.15) is 5.65 Å². The molecule has 1 saturated heterocycles. The van der Waals surface area contributed by atoms with E-state index in [2.05, 4.69) is 10.3 Å². The minimum Gasteiger partial charge on any atom is -0.324 e. The van der Waals surface area contributed by atoms with Gasteiger partial charge in [-0.2, -0.15) is 4.31 Å². The Morgan fingerprint density at radius 1 is 1.06 bits per heavy atom. The van der Waals surface area contributed by atoms with Gasteiger partial charge < -0.3 is 5.32 Å². The molecule has 1 fully saturated rings. The Morgan fingerprint density at radius 2 is 1.74 bits per heavy atom. The first-order valence-corrected chi connectivity index (χ1v) is 12.4. The van der Waals surface area contributed by atoms with Crippen molar-refractivity contribution in [3.05, 3.63) is 62.4 Å². The van der Waals surface area contributed by atoms with Crippen LogP contribution in [0.1, 0.15) is 24.0 Å². The number of benzene rings is 1. The summed E-state index contributed by atoms with van der Waals surface area (Å²) in [6.07, 6.45) is 2.17. The van der Waals surface area contributed by atoms with Crippen LogP contribution in [0.4, 0.5) is 5.69 Å². The maximum Gasteiger partial charge on any atom is 0.332 e. The summed E-state index contributed by atoms with van der Waals surface area (Å²) < 4.78 is 29.9. The summed E-state index contributed by atoms with van der Waals surface area (Å²) in [6.45, 7) is 4.18. The summed E-state index contributed by atoms with van der Waals surface area (Å²) in [5.41, 5.74) is 1.30. The Hall–Kier alpha value is -3.31. The summed E-state index contributed by atoms with van der Waals surface area (Å²) in [7, 11) is -0.724.